The molecule has 3 heterocycles. The number of nitrogens with one attached hydrogen (secondary N) is 1. The van der Waals surface area contributed by atoms with Crippen LogP contribution in [0.5, 0.6) is 0 Å². The number of carbonyl (C=O) groups is 1. The van der Waals surface area contributed by atoms with Crippen molar-refractivity contribution in [1.82, 2.24) is 9.38 Å². The number of nitrogens with zero attached hydrogens (tertiary/aromatic N) is 3. The predicted octanol–water partition coefficient (Wildman–Crippen LogP) is 3.78. The summed E-state index contributed by atoms with van der Waals surface area (Å²) in [5, 5.41) is 4.82. The maximum Gasteiger partial charge on any atom is 0.235 e. The Morgan fingerprint density at radius 2 is 1.97 bits per heavy atom. The summed E-state index contributed by atoms with van der Waals surface area (Å²) in [4.78, 5) is 18.2. The molecular weight excluding hydrogens is 432 g/mol. The van der Waals surface area contributed by atoms with Crippen LogP contribution in [0, 0.1) is 0 Å². The largest absolute Gasteiger partial charge is 0.326 e. The number of thiazole rings is 1. The van der Waals surface area contributed by atoms with E-state index in [0.29, 0.717) is 24.3 Å². The van der Waals surface area contributed by atoms with Gasteiger partial charge in [0.15, 0.2) is 4.96 Å². The smallest absolute Gasteiger partial charge is 0.235 e. The molecule has 0 spiro atoms. The highest BCUT2D eigenvalue weighted by atomic mass is 32.2. The van der Waals surface area contributed by atoms with E-state index in [1.165, 1.54) is 15.6 Å². The van der Waals surface area contributed by atoms with E-state index >= 15 is 0 Å². The number of amides is 1. The van der Waals surface area contributed by atoms with Crippen LogP contribution in [-0.4, -0.2) is 36.0 Å². The van der Waals surface area contributed by atoms with Gasteiger partial charge in [0.25, 0.3) is 0 Å². The maximum atomic E-state index is 12.7. The minimum absolute atomic E-state index is 0.160. The van der Waals surface area contributed by atoms with Gasteiger partial charge in [0, 0.05) is 35.1 Å². The van der Waals surface area contributed by atoms with Crippen molar-refractivity contribution in [1.29, 1.82) is 0 Å². The van der Waals surface area contributed by atoms with Gasteiger partial charge in [-0.3, -0.25) is 13.5 Å². The van der Waals surface area contributed by atoms with E-state index in [1.54, 1.807) is 24.3 Å². The first kappa shape index (κ1) is 19.8. The standard InChI is InChI=1S/C22H20N4O3S2/c27-21(23-17-8-4-9-18(12-17)26-10-5-11-31(26,28)29)13-19-15-30-22-24-20(14-25(19)22)16-6-2-1-3-7-16/h1-4,6-9,12,14-15H,5,10-11,13H2,(H,23,27). The number of anilines is 2. The molecule has 0 radical (unpaired) electrons. The summed E-state index contributed by atoms with van der Waals surface area (Å²) in [6, 6.07) is 16.9. The average Bonchev–Trinajstić information content (AvgIpc) is 3.44. The Labute approximate surface area is 184 Å². The summed E-state index contributed by atoms with van der Waals surface area (Å²) < 4.78 is 27.7. The summed E-state index contributed by atoms with van der Waals surface area (Å²) in [5.74, 6) is -0.00995. The van der Waals surface area contributed by atoms with Gasteiger partial charge in [0.2, 0.25) is 15.9 Å². The van der Waals surface area contributed by atoms with E-state index < -0.39 is 10.0 Å². The van der Waals surface area contributed by atoms with Gasteiger partial charge >= 0.3 is 0 Å². The molecular formula is C22H20N4O3S2. The Hall–Kier alpha value is -3.17. The van der Waals surface area contributed by atoms with Gasteiger partial charge in [-0.05, 0) is 24.6 Å². The lowest BCUT2D eigenvalue weighted by Gasteiger charge is -2.17. The van der Waals surface area contributed by atoms with Crippen LogP contribution >= 0.6 is 11.3 Å². The first-order valence-corrected chi connectivity index (χ1v) is 12.4. The Morgan fingerprint density at radius 1 is 1.13 bits per heavy atom. The number of rotatable bonds is 5. The van der Waals surface area contributed by atoms with Crippen molar-refractivity contribution in [3.63, 3.8) is 0 Å². The summed E-state index contributed by atoms with van der Waals surface area (Å²) in [7, 11) is -3.26. The molecule has 5 rings (SSSR count). The number of benzene rings is 2. The van der Waals surface area contributed by atoms with Crippen molar-refractivity contribution in [2.45, 2.75) is 12.8 Å². The second-order valence-corrected chi connectivity index (χ2v) is 10.2. The minimum Gasteiger partial charge on any atom is -0.326 e. The molecule has 0 saturated carbocycles. The Balaban J connectivity index is 1.33. The highest BCUT2D eigenvalue weighted by molar-refractivity contribution is 7.93. The minimum atomic E-state index is -3.26. The SMILES string of the molecule is O=C(Cc1csc2nc(-c3ccccc3)cn12)Nc1cccc(N2CCCS2(=O)=O)c1. The lowest BCUT2D eigenvalue weighted by atomic mass is 10.2. The van der Waals surface area contributed by atoms with Crippen molar-refractivity contribution in [2.24, 2.45) is 0 Å². The molecule has 1 N–H and O–H groups in total. The number of imidazole rings is 1. The van der Waals surface area contributed by atoms with Gasteiger partial charge in [-0.2, -0.15) is 0 Å². The van der Waals surface area contributed by atoms with Crippen molar-refractivity contribution >= 4 is 43.6 Å². The fourth-order valence-corrected chi connectivity index (χ4v) is 6.17. The van der Waals surface area contributed by atoms with Gasteiger partial charge in [-0.1, -0.05) is 36.4 Å². The van der Waals surface area contributed by atoms with Gasteiger partial charge in [-0.25, -0.2) is 13.4 Å². The molecule has 1 saturated heterocycles. The van der Waals surface area contributed by atoms with Crippen LogP contribution in [-0.2, 0) is 21.2 Å². The van der Waals surface area contributed by atoms with E-state index in [2.05, 4.69) is 10.3 Å². The fraction of sp³-hybridized carbons (Fsp3) is 0.182. The lowest BCUT2D eigenvalue weighted by Crippen LogP contribution is -2.25. The molecule has 158 valence electrons. The van der Waals surface area contributed by atoms with Crippen LogP contribution in [0.2, 0.25) is 0 Å². The topological polar surface area (TPSA) is 83.8 Å². The number of carbonyl (C=O) groups excluding carboxylic acids is 1. The second kappa shape index (κ2) is 7.82. The zero-order valence-corrected chi connectivity index (χ0v) is 18.2. The van der Waals surface area contributed by atoms with Crippen LogP contribution in [0.15, 0.2) is 66.2 Å². The molecule has 1 fully saturated rings. The summed E-state index contributed by atoms with van der Waals surface area (Å²) in [5.41, 5.74) is 3.91. The molecule has 0 atom stereocenters. The zero-order valence-electron chi connectivity index (χ0n) is 16.6. The molecule has 2 aromatic carbocycles. The monoisotopic (exact) mass is 452 g/mol. The van der Waals surface area contributed by atoms with Crippen LogP contribution in [0.1, 0.15) is 12.1 Å². The summed E-state index contributed by atoms with van der Waals surface area (Å²) >= 11 is 1.50. The zero-order chi connectivity index (χ0) is 21.4. The molecule has 4 aromatic rings. The number of hydrogen-bond acceptors (Lipinski definition) is 5. The maximum absolute atomic E-state index is 12.7. The van der Waals surface area contributed by atoms with Crippen molar-refractivity contribution in [3.05, 3.63) is 71.9 Å². The van der Waals surface area contributed by atoms with Gasteiger partial charge in [-0.15, -0.1) is 11.3 Å². The van der Waals surface area contributed by atoms with Crippen LogP contribution in [0.25, 0.3) is 16.2 Å². The third-order valence-corrected chi connectivity index (χ3v) is 7.97. The lowest BCUT2D eigenvalue weighted by molar-refractivity contribution is -0.115. The van der Waals surface area contributed by atoms with Gasteiger partial charge < -0.3 is 5.32 Å². The molecule has 2 aromatic heterocycles. The molecule has 0 unspecified atom stereocenters. The normalized spacial score (nSPS) is 15.4. The van der Waals surface area contributed by atoms with Crippen LogP contribution in [0.4, 0.5) is 11.4 Å². The molecule has 7 nitrogen and oxygen atoms in total. The molecule has 0 aliphatic carbocycles. The first-order valence-electron chi connectivity index (χ1n) is 9.91. The van der Waals surface area contributed by atoms with Crippen molar-refractivity contribution in [2.75, 3.05) is 21.9 Å². The number of fused-ring (bicyclic) bond motifs is 1. The van der Waals surface area contributed by atoms with Crippen LogP contribution in [0.3, 0.4) is 0 Å². The van der Waals surface area contributed by atoms with Crippen molar-refractivity contribution < 1.29 is 13.2 Å². The Bertz CT molecular complexity index is 1360. The summed E-state index contributed by atoms with van der Waals surface area (Å²) in [6.45, 7) is 0.469. The molecule has 9 heteroatoms. The third kappa shape index (κ3) is 3.94. The number of sulfonamides is 1. The average molecular weight is 453 g/mol. The number of aromatic nitrogens is 2. The van der Waals surface area contributed by atoms with E-state index in [4.69, 9.17) is 0 Å². The molecule has 1 aliphatic rings. The molecule has 0 bridgehead atoms. The van der Waals surface area contributed by atoms with E-state index in [1.807, 2.05) is 46.3 Å². The highest BCUT2D eigenvalue weighted by Gasteiger charge is 2.28. The summed E-state index contributed by atoms with van der Waals surface area (Å²) in [6.07, 6.45) is 2.75. The van der Waals surface area contributed by atoms with E-state index in [-0.39, 0.29) is 18.1 Å². The highest BCUT2D eigenvalue weighted by Crippen LogP contribution is 2.27. The fourth-order valence-electron chi connectivity index (χ4n) is 3.74. The molecule has 1 aliphatic heterocycles. The predicted molar refractivity (Wildman–Crippen MR) is 123 cm³/mol. The second-order valence-electron chi connectivity index (χ2n) is 7.39. The molecule has 1 amide bonds. The van der Waals surface area contributed by atoms with E-state index in [0.717, 1.165) is 21.9 Å². The Kier molecular flexibility index (Phi) is 4.99. The van der Waals surface area contributed by atoms with Gasteiger partial charge in [0.1, 0.15) is 0 Å². The third-order valence-electron chi connectivity index (χ3n) is 5.21. The van der Waals surface area contributed by atoms with E-state index in [9.17, 15) is 13.2 Å². The quantitative estimate of drug-likeness (QED) is 0.499. The molecule has 31 heavy (non-hydrogen) atoms. The van der Waals surface area contributed by atoms with Crippen LogP contribution < -0.4 is 9.62 Å². The first-order chi connectivity index (χ1) is 15.0. The van der Waals surface area contributed by atoms with Gasteiger partial charge in [0.05, 0.1) is 23.6 Å². The van der Waals surface area contributed by atoms with Crippen molar-refractivity contribution in [3.8, 4) is 11.3 Å². The Morgan fingerprint density at radius 3 is 2.74 bits per heavy atom. The number of hydrogen-bond donors (Lipinski definition) is 1.